The number of nitrogens with zero attached hydrogens (tertiary/aromatic N) is 1. The van der Waals surface area contributed by atoms with Crippen molar-refractivity contribution >= 4 is 5.69 Å². The van der Waals surface area contributed by atoms with E-state index in [1.807, 2.05) is 0 Å². The Balaban J connectivity index is 2.47. The van der Waals surface area contributed by atoms with Gasteiger partial charge in [-0.15, -0.1) is 0 Å². The topological polar surface area (TPSA) is 35.5 Å². The number of aryl methyl sites for hydroxylation is 1. The summed E-state index contributed by atoms with van der Waals surface area (Å²) >= 11 is 0. The number of anilines is 1. The van der Waals surface area contributed by atoms with Crippen LogP contribution in [0.3, 0.4) is 0 Å². The van der Waals surface area contributed by atoms with Crippen molar-refractivity contribution in [2.45, 2.75) is 45.6 Å². The van der Waals surface area contributed by atoms with E-state index in [0.717, 1.165) is 32.4 Å². The Morgan fingerprint density at radius 2 is 1.85 bits per heavy atom. The lowest BCUT2D eigenvalue weighted by Gasteiger charge is -2.32. The lowest BCUT2D eigenvalue weighted by Crippen LogP contribution is -2.48. The minimum atomic E-state index is -0.108. The van der Waals surface area contributed by atoms with Crippen LogP contribution in [0.15, 0.2) is 24.3 Å². The molecule has 0 aliphatic heterocycles. The highest BCUT2D eigenvalue weighted by molar-refractivity contribution is 5.46. The molecule has 1 unspecified atom stereocenters. The fourth-order valence-corrected chi connectivity index (χ4v) is 2.59. The molecule has 20 heavy (non-hydrogen) atoms. The molecular formula is C17H30N2O. The Hall–Kier alpha value is -1.06. The lowest BCUT2D eigenvalue weighted by atomic mass is 9.91. The molecule has 0 aromatic heterocycles. The van der Waals surface area contributed by atoms with E-state index in [4.69, 9.17) is 0 Å². The Morgan fingerprint density at radius 1 is 1.20 bits per heavy atom. The molecule has 2 N–H and O–H groups in total. The van der Waals surface area contributed by atoms with Gasteiger partial charge in [-0.1, -0.05) is 31.5 Å². The second kappa shape index (κ2) is 8.28. The molecule has 1 aromatic carbocycles. The van der Waals surface area contributed by atoms with E-state index in [-0.39, 0.29) is 12.1 Å². The maximum absolute atomic E-state index is 9.64. The Kier molecular flexibility index (Phi) is 7.03. The van der Waals surface area contributed by atoms with Gasteiger partial charge in [0, 0.05) is 24.8 Å². The molecule has 3 nitrogen and oxygen atoms in total. The van der Waals surface area contributed by atoms with Crippen LogP contribution in [0, 0.1) is 6.92 Å². The third kappa shape index (κ3) is 4.80. The summed E-state index contributed by atoms with van der Waals surface area (Å²) in [6.45, 7) is 8.47. The van der Waals surface area contributed by atoms with Crippen molar-refractivity contribution in [1.29, 1.82) is 0 Å². The van der Waals surface area contributed by atoms with Crippen LogP contribution in [0.4, 0.5) is 5.69 Å². The molecule has 0 amide bonds. The summed E-state index contributed by atoms with van der Waals surface area (Å²) in [6.07, 6.45) is 3.04. The molecule has 1 atom stereocenters. The molecule has 0 saturated carbocycles. The highest BCUT2D eigenvalue weighted by atomic mass is 16.3. The molecule has 0 heterocycles. The van der Waals surface area contributed by atoms with Crippen LogP contribution in [0.1, 0.15) is 38.7 Å². The highest BCUT2D eigenvalue weighted by Gasteiger charge is 2.25. The standard InChI is InChI=1S/C17H30N2O/c1-5-17(14-20,18-6-2)12-7-13-19(4)16-10-8-15(3)9-11-16/h8-11,18,20H,5-7,12-14H2,1-4H3. The molecule has 0 spiro atoms. The van der Waals surface area contributed by atoms with Crippen molar-refractivity contribution in [3.8, 4) is 0 Å². The third-order valence-electron chi connectivity index (χ3n) is 4.15. The van der Waals surface area contributed by atoms with E-state index in [1.165, 1.54) is 11.3 Å². The van der Waals surface area contributed by atoms with E-state index in [0.29, 0.717) is 0 Å². The van der Waals surface area contributed by atoms with Crippen molar-refractivity contribution in [2.75, 3.05) is 31.6 Å². The second-order valence-electron chi connectivity index (χ2n) is 5.68. The zero-order chi connectivity index (χ0) is 15.0. The van der Waals surface area contributed by atoms with Crippen LogP contribution >= 0.6 is 0 Å². The van der Waals surface area contributed by atoms with Crippen LogP contribution < -0.4 is 10.2 Å². The van der Waals surface area contributed by atoms with Gasteiger partial charge in [0.2, 0.25) is 0 Å². The van der Waals surface area contributed by atoms with E-state index < -0.39 is 0 Å². The van der Waals surface area contributed by atoms with Crippen LogP contribution in [0.5, 0.6) is 0 Å². The monoisotopic (exact) mass is 278 g/mol. The van der Waals surface area contributed by atoms with Gasteiger partial charge in [0.15, 0.2) is 0 Å². The summed E-state index contributed by atoms with van der Waals surface area (Å²) in [5.74, 6) is 0. The summed E-state index contributed by atoms with van der Waals surface area (Å²) in [6, 6.07) is 8.63. The van der Waals surface area contributed by atoms with Gasteiger partial charge < -0.3 is 15.3 Å². The molecule has 0 radical (unpaired) electrons. The van der Waals surface area contributed by atoms with Crippen LogP contribution in [-0.4, -0.2) is 37.4 Å². The molecule has 0 fully saturated rings. The second-order valence-corrected chi connectivity index (χ2v) is 5.68. The number of rotatable bonds is 9. The first-order valence-corrected chi connectivity index (χ1v) is 7.70. The average Bonchev–Trinajstić information content (AvgIpc) is 2.47. The summed E-state index contributed by atoms with van der Waals surface area (Å²) < 4.78 is 0. The molecule has 0 aliphatic rings. The van der Waals surface area contributed by atoms with Crippen molar-refractivity contribution in [3.63, 3.8) is 0 Å². The van der Waals surface area contributed by atoms with E-state index >= 15 is 0 Å². The number of nitrogens with one attached hydrogen (secondary N) is 1. The maximum Gasteiger partial charge on any atom is 0.0613 e. The molecule has 3 heteroatoms. The molecule has 0 saturated heterocycles. The zero-order valence-electron chi connectivity index (χ0n) is 13.4. The highest BCUT2D eigenvalue weighted by Crippen LogP contribution is 2.19. The Bertz CT molecular complexity index is 371. The Labute approximate surface area is 124 Å². The van der Waals surface area contributed by atoms with Gasteiger partial charge in [0.05, 0.1) is 6.61 Å². The summed E-state index contributed by atoms with van der Waals surface area (Å²) in [5.41, 5.74) is 2.44. The first-order valence-electron chi connectivity index (χ1n) is 7.70. The number of aliphatic hydroxyl groups excluding tert-OH is 1. The van der Waals surface area contributed by atoms with Crippen molar-refractivity contribution in [1.82, 2.24) is 5.32 Å². The first kappa shape index (κ1) is 17.0. The van der Waals surface area contributed by atoms with E-state index in [1.54, 1.807) is 0 Å². The largest absolute Gasteiger partial charge is 0.394 e. The molecular weight excluding hydrogens is 248 g/mol. The van der Waals surface area contributed by atoms with Gasteiger partial charge in [0.25, 0.3) is 0 Å². The number of hydrogen-bond acceptors (Lipinski definition) is 3. The molecule has 0 bridgehead atoms. The smallest absolute Gasteiger partial charge is 0.0613 e. The van der Waals surface area contributed by atoms with Gasteiger partial charge >= 0.3 is 0 Å². The summed E-state index contributed by atoms with van der Waals surface area (Å²) in [7, 11) is 2.13. The molecule has 1 aromatic rings. The fraction of sp³-hybridized carbons (Fsp3) is 0.647. The quantitative estimate of drug-likeness (QED) is 0.729. The van der Waals surface area contributed by atoms with Crippen molar-refractivity contribution < 1.29 is 5.11 Å². The maximum atomic E-state index is 9.64. The SMILES string of the molecule is CCNC(CC)(CO)CCCN(C)c1ccc(C)cc1. The average molecular weight is 278 g/mol. The molecule has 0 aliphatic carbocycles. The number of benzene rings is 1. The van der Waals surface area contributed by atoms with Crippen LogP contribution in [-0.2, 0) is 0 Å². The van der Waals surface area contributed by atoms with Gasteiger partial charge in [0.1, 0.15) is 0 Å². The minimum Gasteiger partial charge on any atom is -0.394 e. The van der Waals surface area contributed by atoms with Gasteiger partial charge in [-0.05, 0) is 44.9 Å². The number of likely N-dealkylation sites (N-methyl/N-ethyl adjacent to an activating group) is 1. The number of hydrogen-bond donors (Lipinski definition) is 2. The summed E-state index contributed by atoms with van der Waals surface area (Å²) in [4.78, 5) is 2.28. The van der Waals surface area contributed by atoms with Crippen LogP contribution in [0.2, 0.25) is 0 Å². The third-order valence-corrected chi connectivity index (χ3v) is 4.15. The Morgan fingerprint density at radius 3 is 2.35 bits per heavy atom. The normalized spacial score (nSPS) is 14.1. The van der Waals surface area contributed by atoms with E-state index in [2.05, 4.69) is 62.3 Å². The number of aliphatic hydroxyl groups is 1. The van der Waals surface area contributed by atoms with Crippen molar-refractivity contribution in [3.05, 3.63) is 29.8 Å². The summed E-state index contributed by atoms with van der Waals surface area (Å²) in [5, 5.41) is 13.1. The lowest BCUT2D eigenvalue weighted by molar-refractivity contribution is 0.147. The minimum absolute atomic E-state index is 0.108. The van der Waals surface area contributed by atoms with Gasteiger partial charge in [-0.2, -0.15) is 0 Å². The molecule has 114 valence electrons. The first-order chi connectivity index (χ1) is 9.56. The van der Waals surface area contributed by atoms with E-state index in [9.17, 15) is 5.11 Å². The predicted octanol–water partition coefficient (Wildman–Crippen LogP) is 2.96. The fourth-order valence-electron chi connectivity index (χ4n) is 2.59. The van der Waals surface area contributed by atoms with Gasteiger partial charge in [-0.25, -0.2) is 0 Å². The predicted molar refractivity (Wildman–Crippen MR) is 87.5 cm³/mol. The van der Waals surface area contributed by atoms with Crippen molar-refractivity contribution in [2.24, 2.45) is 0 Å². The molecule has 1 rings (SSSR count). The van der Waals surface area contributed by atoms with Gasteiger partial charge in [-0.3, -0.25) is 0 Å². The zero-order valence-corrected chi connectivity index (χ0v) is 13.4. The van der Waals surface area contributed by atoms with Crippen LogP contribution in [0.25, 0.3) is 0 Å².